The summed E-state index contributed by atoms with van der Waals surface area (Å²) in [7, 11) is -1.35. The van der Waals surface area contributed by atoms with E-state index in [2.05, 4.69) is 10.3 Å². The van der Waals surface area contributed by atoms with E-state index in [0.717, 1.165) is 5.56 Å². The van der Waals surface area contributed by atoms with Crippen LogP contribution in [0.25, 0.3) is 11.3 Å². The van der Waals surface area contributed by atoms with Gasteiger partial charge < -0.3 is 5.32 Å². The van der Waals surface area contributed by atoms with Gasteiger partial charge in [-0.1, -0.05) is 35.3 Å². The number of amides is 1. The van der Waals surface area contributed by atoms with E-state index >= 15 is 0 Å². The van der Waals surface area contributed by atoms with Crippen molar-refractivity contribution in [2.24, 2.45) is 0 Å². The third-order valence-electron chi connectivity index (χ3n) is 4.13. The molecule has 0 spiro atoms. The monoisotopic (exact) mass is 412 g/mol. The average molecular weight is 413 g/mol. The minimum absolute atomic E-state index is 0.0552. The van der Waals surface area contributed by atoms with Crippen molar-refractivity contribution >= 4 is 46.3 Å². The maximum atomic E-state index is 12.7. The summed E-state index contributed by atoms with van der Waals surface area (Å²) in [6.07, 6.45) is 2.86. The van der Waals surface area contributed by atoms with Crippen molar-refractivity contribution < 1.29 is 13.2 Å². The van der Waals surface area contributed by atoms with E-state index in [1.54, 1.807) is 50.4 Å². The van der Waals surface area contributed by atoms with Crippen LogP contribution in [0.15, 0.2) is 60.8 Å². The molecule has 28 heavy (non-hydrogen) atoms. The first-order valence-corrected chi connectivity index (χ1v) is 11.0. The van der Waals surface area contributed by atoms with Crippen molar-refractivity contribution in [1.29, 1.82) is 0 Å². The molecule has 0 aliphatic rings. The van der Waals surface area contributed by atoms with Gasteiger partial charge in [0.05, 0.1) is 16.5 Å². The fraction of sp³-hybridized carbons (Fsp3) is 0.100. The van der Waals surface area contributed by atoms with E-state index in [1.807, 2.05) is 18.2 Å². The van der Waals surface area contributed by atoms with Crippen molar-refractivity contribution in [3.63, 3.8) is 0 Å². The normalized spacial score (nSPS) is 11.2. The van der Waals surface area contributed by atoms with Gasteiger partial charge in [-0.15, -0.1) is 0 Å². The molecule has 8 heteroatoms. The Morgan fingerprint density at radius 2 is 1.93 bits per heavy atom. The Labute approximate surface area is 170 Å². The molecule has 0 bridgehead atoms. The number of rotatable bonds is 5. The second-order valence-electron chi connectivity index (χ2n) is 6.58. The van der Waals surface area contributed by atoms with Crippen molar-refractivity contribution in [2.75, 3.05) is 11.6 Å². The zero-order chi connectivity index (χ0) is 20.3. The van der Waals surface area contributed by atoms with Crippen molar-refractivity contribution in [3.8, 4) is 11.3 Å². The van der Waals surface area contributed by atoms with Crippen LogP contribution in [0.5, 0.6) is 0 Å². The zero-order valence-corrected chi connectivity index (χ0v) is 17.0. The Balaban J connectivity index is 1.84. The SMILES string of the molecule is Bc1cc(CS(C)(=O)=O)ccc1C(=O)Nc1ccc(Cl)c(-c2ccccn2)c1. The minimum Gasteiger partial charge on any atom is -0.322 e. The first-order valence-electron chi connectivity index (χ1n) is 8.52. The highest BCUT2D eigenvalue weighted by Crippen LogP contribution is 2.29. The Hall–Kier alpha value is -2.64. The minimum atomic E-state index is -3.13. The molecule has 142 valence electrons. The third kappa shape index (κ3) is 5.00. The van der Waals surface area contributed by atoms with E-state index in [4.69, 9.17) is 11.6 Å². The third-order valence-corrected chi connectivity index (χ3v) is 5.32. The van der Waals surface area contributed by atoms with Crippen LogP contribution >= 0.6 is 11.6 Å². The van der Waals surface area contributed by atoms with Crippen LogP contribution in [0.2, 0.25) is 5.02 Å². The average Bonchev–Trinajstić information content (AvgIpc) is 2.62. The molecular formula is C20H18BClN2O3S. The maximum absolute atomic E-state index is 12.7. The topological polar surface area (TPSA) is 76.1 Å². The summed E-state index contributed by atoms with van der Waals surface area (Å²) in [5, 5.41) is 3.40. The molecule has 2 aromatic carbocycles. The number of hydrogen-bond donors (Lipinski definition) is 1. The number of pyridine rings is 1. The van der Waals surface area contributed by atoms with Gasteiger partial charge in [0.1, 0.15) is 7.85 Å². The van der Waals surface area contributed by atoms with E-state index in [1.165, 1.54) is 6.26 Å². The van der Waals surface area contributed by atoms with E-state index < -0.39 is 9.84 Å². The summed E-state index contributed by atoms with van der Waals surface area (Å²) >= 11 is 6.28. The summed E-state index contributed by atoms with van der Waals surface area (Å²) in [6, 6.07) is 15.8. The van der Waals surface area contributed by atoms with E-state index in [9.17, 15) is 13.2 Å². The molecule has 0 aliphatic carbocycles. The number of carbonyl (C=O) groups excluding carboxylic acids is 1. The lowest BCUT2D eigenvalue weighted by atomic mass is 9.88. The molecule has 3 rings (SSSR count). The van der Waals surface area contributed by atoms with E-state index in [-0.39, 0.29) is 11.7 Å². The van der Waals surface area contributed by atoms with E-state index in [0.29, 0.717) is 33.0 Å². The number of benzene rings is 2. The number of anilines is 1. The van der Waals surface area contributed by atoms with Crippen LogP contribution in [-0.4, -0.2) is 33.4 Å². The van der Waals surface area contributed by atoms with Crippen molar-refractivity contribution in [3.05, 3.63) is 76.9 Å². The molecule has 1 heterocycles. The highest BCUT2D eigenvalue weighted by atomic mass is 35.5. The van der Waals surface area contributed by atoms with Gasteiger partial charge in [-0.25, -0.2) is 8.42 Å². The van der Waals surface area contributed by atoms with Gasteiger partial charge >= 0.3 is 0 Å². The molecule has 0 radical (unpaired) electrons. The lowest BCUT2D eigenvalue weighted by Gasteiger charge is -2.11. The number of halogens is 1. The Morgan fingerprint density at radius 1 is 1.14 bits per heavy atom. The quantitative estimate of drug-likeness (QED) is 0.653. The molecule has 0 saturated heterocycles. The van der Waals surface area contributed by atoms with Gasteiger partial charge in [-0.2, -0.15) is 0 Å². The fourth-order valence-corrected chi connectivity index (χ4v) is 3.89. The molecule has 3 aromatic rings. The molecule has 0 saturated carbocycles. The summed E-state index contributed by atoms with van der Waals surface area (Å²) in [5.41, 5.74) is 3.87. The van der Waals surface area contributed by atoms with Gasteiger partial charge in [0.2, 0.25) is 0 Å². The number of nitrogens with one attached hydrogen (secondary N) is 1. The summed E-state index contributed by atoms with van der Waals surface area (Å²) < 4.78 is 22.9. The highest BCUT2D eigenvalue weighted by molar-refractivity contribution is 7.89. The van der Waals surface area contributed by atoms with Crippen LogP contribution < -0.4 is 10.8 Å². The first kappa shape index (κ1) is 20.1. The zero-order valence-electron chi connectivity index (χ0n) is 15.4. The molecule has 1 amide bonds. The van der Waals surface area contributed by atoms with Gasteiger partial charge in [0.25, 0.3) is 5.91 Å². The second-order valence-corrected chi connectivity index (χ2v) is 9.13. The van der Waals surface area contributed by atoms with Gasteiger partial charge in [0, 0.05) is 29.3 Å². The predicted octanol–water partition coefficient (Wildman–Crippen LogP) is 2.46. The molecule has 0 fully saturated rings. The number of nitrogens with zero attached hydrogens (tertiary/aromatic N) is 1. The molecule has 0 aliphatic heterocycles. The van der Waals surface area contributed by atoms with Gasteiger partial charge in [0.15, 0.2) is 9.84 Å². The Morgan fingerprint density at radius 3 is 2.57 bits per heavy atom. The predicted molar refractivity (Wildman–Crippen MR) is 116 cm³/mol. The largest absolute Gasteiger partial charge is 0.322 e. The highest BCUT2D eigenvalue weighted by Gasteiger charge is 2.13. The van der Waals surface area contributed by atoms with Crippen molar-refractivity contribution in [1.82, 2.24) is 4.98 Å². The van der Waals surface area contributed by atoms with Crippen LogP contribution in [0, 0.1) is 0 Å². The number of hydrogen-bond acceptors (Lipinski definition) is 4. The summed E-state index contributed by atoms with van der Waals surface area (Å²) in [6.45, 7) is 0. The fourth-order valence-electron chi connectivity index (χ4n) is 2.89. The molecule has 1 aromatic heterocycles. The van der Waals surface area contributed by atoms with Crippen LogP contribution in [0.1, 0.15) is 15.9 Å². The van der Waals surface area contributed by atoms with Crippen LogP contribution in [-0.2, 0) is 15.6 Å². The Bertz CT molecular complexity index is 1140. The summed E-state index contributed by atoms with van der Waals surface area (Å²) in [5.74, 6) is -0.335. The smallest absolute Gasteiger partial charge is 0.255 e. The maximum Gasteiger partial charge on any atom is 0.255 e. The number of carbonyl (C=O) groups is 1. The lowest BCUT2D eigenvalue weighted by molar-refractivity contribution is 0.102. The van der Waals surface area contributed by atoms with Gasteiger partial charge in [-0.05, 0) is 42.0 Å². The number of sulfone groups is 1. The lowest BCUT2D eigenvalue weighted by Crippen LogP contribution is -2.22. The molecule has 5 nitrogen and oxygen atoms in total. The molecular weight excluding hydrogens is 395 g/mol. The standard InChI is InChI=1S/C20H18BClN2O3S/c1-28(26,27)12-13-5-7-15(17(21)10-13)20(25)24-14-6-8-18(22)16(11-14)19-4-2-3-9-23-19/h2-11H,12,21H2,1H3,(H,24,25). The first-order chi connectivity index (χ1) is 13.2. The van der Waals surface area contributed by atoms with Crippen LogP contribution in [0.3, 0.4) is 0 Å². The molecule has 0 atom stereocenters. The Kier molecular flexibility index (Phi) is 5.86. The summed E-state index contributed by atoms with van der Waals surface area (Å²) in [4.78, 5) is 17.0. The van der Waals surface area contributed by atoms with Crippen LogP contribution in [0.4, 0.5) is 5.69 Å². The second kappa shape index (κ2) is 8.16. The molecule has 0 unspecified atom stereocenters. The number of aromatic nitrogens is 1. The van der Waals surface area contributed by atoms with Gasteiger partial charge in [-0.3, -0.25) is 9.78 Å². The van der Waals surface area contributed by atoms with Crippen molar-refractivity contribution in [2.45, 2.75) is 5.75 Å². The molecule has 1 N–H and O–H groups in total.